The van der Waals surface area contributed by atoms with Crippen LogP contribution in [0.15, 0.2) is 46.9 Å². The fraction of sp³-hybridized carbons (Fsp3) is 0.118. The number of hydrogen-bond acceptors (Lipinski definition) is 5. The summed E-state index contributed by atoms with van der Waals surface area (Å²) < 4.78 is 10.6. The van der Waals surface area contributed by atoms with Crippen LogP contribution in [0.25, 0.3) is 11.5 Å². The first kappa shape index (κ1) is 16.0. The van der Waals surface area contributed by atoms with Gasteiger partial charge in [-0.15, -0.1) is 10.2 Å². The van der Waals surface area contributed by atoms with Crippen LogP contribution in [-0.2, 0) is 0 Å². The molecule has 6 nitrogen and oxygen atoms in total. The Labute approximate surface area is 143 Å². The standard InChI is InChI=1S/C17H14ClN3O3/c1-10-6-7-12(18)9-14(10)19-15(22)17-21-20-16(24-17)11-4-3-5-13(8-11)23-2/h3-9H,1-2H3,(H,19,22). The largest absolute Gasteiger partial charge is 0.497 e. The zero-order valence-corrected chi connectivity index (χ0v) is 13.8. The van der Waals surface area contributed by atoms with E-state index < -0.39 is 5.91 Å². The minimum Gasteiger partial charge on any atom is -0.497 e. The Morgan fingerprint density at radius 2 is 2.04 bits per heavy atom. The Morgan fingerprint density at radius 3 is 2.83 bits per heavy atom. The van der Waals surface area contributed by atoms with E-state index in [1.54, 1.807) is 43.5 Å². The molecule has 1 heterocycles. The van der Waals surface area contributed by atoms with Gasteiger partial charge in [0.2, 0.25) is 5.89 Å². The zero-order valence-electron chi connectivity index (χ0n) is 13.0. The van der Waals surface area contributed by atoms with Gasteiger partial charge in [-0.1, -0.05) is 23.7 Å². The van der Waals surface area contributed by atoms with Crippen molar-refractivity contribution in [2.45, 2.75) is 6.92 Å². The summed E-state index contributed by atoms with van der Waals surface area (Å²) in [6.45, 7) is 1.86. The number of amides is 1. The molecule has 0 atom stereocenters. The summed E-state index contributed by atoms with van der Waals surface area (Å²) in [7, 11) is 1.57. The van der Waals surface area contributed by atoms with Crippen molar-refractivity contribution in [2.24, 2.45) is 0 Å². The van der Waals surface area contributed by atoms with E-state index in [-0.39, 0.29) is 11.8 Å². The lowest BCUT2D eigenvalue weighted by Crippen LogP contribution is -2.13. The lowest BCUT2D eigenvalue weighted by molar-refractivity contribution is 0.0990. The van der Waals surface area contributed by atoms with E-state index in [0.717, 1.165) is 5.56 Å². The van der Waals surface area contributed by atoms with Crippen molar-refractivity contribution in [3.8, 4) is 17.2 Å². The van der Waals surface area contributed by atoms with Crippen molar-refractivity contribution in [3.63, 3.8) is 0 Å². The van der Waals surface area contributed by atoms with E-state index in [9.17, 15) is 4.79 Å². The van der Waals surface area contributed by atoms with Crippen LogP contribution < -0.4 is 10.1 Å². The van der Waals surface area contributed by atoms with Crippen molar-refractivity contribution in [1.29, 1.82) is 0 Å². The molecule has 0 radical (unpaired) electrons. The van der Waals surface area contributed by atoms with Gasteiger partial charge in [-0.25, -0.2) is 0 Å². The number of halogens is 1. The highest BCUT2D eigenvalue weighted by Gasteiger charge is 2.17. The lowest BCUT2D eigenvalue weighted by Gasteiger charge is -2.06. The Balaban J connectivity index is 1.82. The van der Waals surface area contributed by atoms with E-state index in [2.05, 4.69) is 15.5 Å². The van der Waals surface area contributed by atoms with Crippen LogP contribution >= 0.6 is 11.6 Å². The highest BCUT2D eigenvalue weighted by atomic mass is 35.5. The second kappa shape index (κ2) is 6.72. The molecule has 3 rings (SSSR count). The van der Waals surface area contributed by atoms with Crippen LogP contribution in [-0.4, -0.2) is 23.2 Å². The van der Waals surface area contributed by atoms with Gasteiger partial charge in [-0.2, -0.15) is 0 Å². The molecule has 2 aromatic carbocycles. The summed E-state index contributed by atoms with van der Waals surface area (Å²) in [5, 5.41) is 10.9. The highest BCUT2D eigenvalue weighted by Crippen LogP contribution is 2.24. The molecular weight excluding hydrogens is 330 g/mol. The maximum atomic E-state index is 12.3. The normalized spacial score (nSPS) is 10.5. The van der Waals surface area contributed by atoms with Gasteiger partial charge in [0.15, 0.2) is 0 Å². The van der Waals surface area contributed by atoms with Gasteiger partial charge in [-0.3, -0.25) is 4.79 Å². The number of methoxy groups -OCH3 is 1. The Morgan fingerprint density at radius 1 is 1.21 bits per heavy atom. The minimum atomic E-state index is -0.498. The number of aryl methyl sites for hydroxylation is 1. The summed E-state index contributed by atoms with van der Waals surface area (Å²) in [5.41, 5.74) is 2.13. The summed E-state index contributed by atoms with van der Waals surface area (Å²) in [5.74, 6) is 0.266. The van der Waals surface area contributed by atoms with Gasteiger partial charge in [0, 0.05) is 16.3 Å². The molecule has 0 bridgehead atoms. The van der Waals surface area contributed by atoms with E-state index >= 15 is 0 Å². The Kier molecular flexibility index (Phi) is 4.48. The number of nitrogens with one attached hydrogen (secondary N) is 1. The second-order valence-electron chi connectivity index (χ2n) is 5.06. The van der Waals surface area contributed by atoms with Gasteiger partial charge in [-0.05, 0) is 42.8 Å². The molecule has 24 heavy (non-hydrogen) atoms. The summed E-state index contributed by atoms with van der Waals surface area (Å²) >= 11 is 5.94. The first-order chi connectivity index (χ1) is 11.6. The Bertz CT molecular complexity index is 892. The van der Waals surface area contributed by atoms with Crippen LogP contribution in [0.3, 0.4) is 0 Å². The van der Waals surface area contributed by atoms with E-state index in [1.807, 2.05) is 13.0 Å². The maximum Gasteiger partial charge on any atom is 0.313 e. The number of aromatic nitrogens is 2. The van der Waals surface area contributed by atoms with Crippen molar-refractivity contribution >= 4 is 23.2 Å². The first-order valence-corrected chi connectivity index (χ1v) is 7.50. The van der Waals surface area contributed by atoms with Gasteiger partial charge in [0.05, 0.1) is 7.11 Å². The average molecular weight is 344 g/mol. The fourth-order valence-electron chi connectivity index (χ4n) is 2.09. The quantitative estimate of drug-likeness (QED) is 0.775. The van der Waals surface area contributed by atoms with Crippen molar-refractivity contribution < 1.29 is 13.9 Å². The van der Waals surface area contributed by atoms with Gasteiger partial charge < -0.3 is 14.5 Å². The third-order valence-corrected chi connectivity index (χ3v) is 3.62. The number of hydrogen-bond donors (Lipinski definition) is 1. The van der Waals surface area contributed by atoms with Crippen LogP contribution in [0.5, 0.6) is 5.75 Å². The maximum absolute atomic E-state index is 12.3. The number of rotatable bonds is 4. The number of ether oxygens (including phenoxy) is 1. The molecule has 0 aliphatic heterocycles. The molecule has 0 aliphatic rings. The average Bonchev–Trinajstić information content (AvgIpc) is 3.08. The number of benzene rings is 2. The third-order valence-electron chi connectivity index (χ3n) is 3.38. The summed E-state index contributed by atoms with van der Waals surface area (Å²) in [6, 6.07) is 12.4. The first-order valence-electron chi connectivity index (χ1n) is 7.12. The number of carbonyl (C=O) groups is 1. The van der Waals surface area contributed by atoms with Gasteiger partial charge >= 0.3 is 11.8 Å². The Hall–Kier alpha value is -2.86. The predicted octanol–water partition coefficient (Wildman–Crippen LogP) is 3.96. The van der Waals surface area contributed by atoms with Gasteiger partial charge in [0.1, 0.15) is 5.75 Å². The third kappa shape index (κ3) is 3.38. The molecule has 0 saturated carbocycles. The van der Waals surface area contributed by atoms with Crippen LogP contribution in [0.2, 0.25) is 5.02 Å². The predicted molar refractivity (Wildman–Crippen MR) is 90.4 cm³/mol. The number of nitrogens with zero attached hydrogens (tertiary/aromatic N) is 2. The molecule has 0 unspecified atom stereocenters. The molecule has 122 valence electrons. The monoisotopic (exact) mass is 343 g/mol. The fourth-order valence-corrected chi connectivity index (χ4v) is 2.26. The van der Waals surface area contributed by atoms with Crippen molar-refractivity contribution in [3.05, 3.63) is 58.9 Å². The van der Waals surface area contributed by atoms with E-state index in [4.69, 9.17) is 20.8 Å². The molecule has 1 amide bonds. The van der Waals surface area contributed by atoms with Crippen molar-refractivity contribution in [1.82, 2.24) is 10.2 Å². The van der Waals surface area contributed by atoms with Crippen LogP contribution in [0.1, 0.15) is 16.2 Å². The summed E-state index contributed by atoms with van der Waals surface area (Å²) in [4.78, 5) is 12.3. The molecule has 0 aliphatic carbocycles. The smallest absolute Gasteiger partial charge is 0.313 e. The topological polar surface area (TPSA) is 77.2 Å². The number of anilines is 1. The van der Waals surface area contributed by atoms with Crippen LogP contribution in [0, 0.1) is 6.92 Å². The molecule has 3 aromatic rings. The molecule has 0 spiro atoms. The molecule has 0 saturated heterocycles. The van der Waals surface area contributed by atoms with Crippen LogP contribution in [0.4, 0.5) is 5.69 Å². The summed E-state index contributed by atoms with van der Waals surface area (Å²) in [6.07, 6.45) is 0. The molecule has 0 fully saturated rings. The molecule has 7 heteroatoms. The van der Waals surface area contributed by atoms with Crippen molar-refractivity contribution in [2.75, 3.05) is 12.4 Å². The molecule has 1 aromatic heterocycles. The SMILES string of the molecule is COc1cccc(-c2nnc(C(=O)Nc3cc(Cl)ccc3C)o2)c1. The second-order valence-corrected chi connectivity index (χ2v) is 5.49. The molecular formula is C17H14ClN3O3. The zero-order chi connectivity index (χ0) is 17.1. The van der Waals surface area contributed by atoms with E-state index in [0.29, 0.717) is 22.0 Å². The number of carbonyl (C=O) groups excluding carboxylic acids is 1. The molecule has 1 N–H and O–H groups in total. The lowest BCUT2D eigenvalue weighted by atomic mass is 10.2. The minimum absolute atomic E-state index is 0.132. The van der Waals surface area contributed by atoms with Gasteiger partial charge in [0.25, 0.3) is 0 Å². The highest BCUT2D eigenvalue weighted by molar-refractivity contribution is 6.31. The van der Waals surface area contributed by atoms with E-state index in [1.165, 1.54) is 0 Å².